The number of carboxylic acid groups (broad SMARTS) is 1. The minimum atomic E-state index is -0.715. The number of hydrogen-bond acceptors (Lipinski definition) is 3. The SMILES string of the molecule is CC(CCC(=O)O)NCCCN(C)C(C)C. The van der Waals surface area contributed by atoms with Gasteiger partial charge in [0.1, 0.15) is 0 Å². The van der Waals surface area contributed by atoms with Crippen LogP contribution in [0.5, 0.6) is 0 Å². The molecule has 0 heterocycles. The van der Waals surface area contributed by atoms with Crippen molar-refractivity contribution in [2.24, 2.45) is 0 Å². The zero-order chi connectivity index (χ0) is 12.6. The molecule has 4 nitrogen and oxygen atoms in total. The summed E-state index contributed by atoms with van der Waals surface area (Å²) in [6, 6.07) is 0.880. The lowest BCUT2D eigenvalue weighted by atomic mass is 10.2. The van der Waals surface area contributed by atoms with Crippen molar-refractivity contribution in [2.75, 3.05) is 20.1 Å². The van der Waals surface area contributed by atoms with Gasteiger partial charge in [0.05, 0.1) is 0 Å². The number of carboxylic acids is 1. The highest BCUT2D eigenvalue weighted by Gasteiger charge is 2.05. The summed E-state index contributed by atoms with van der Waals surface area (Å²) in [5, 5.41) is 11.9. The molecule has 0 fully saturated rings. The largest absolute Gasteiger partial charge is 0.481 e. The highest BCUT2D eigenvalue weighted by atomic mass is 16.4. The van der Waals surface area contributed by atoms with Crippen LogP contribution in [0.3, 0.4) is 0 Å². The van der Waals surface area contributed by atoms with Gasteiger partial charge in [-0.05, 0) is 53.8 Å². The van der Waals surface area contributed by atoms with E-state index in [9.17, 15) is 4.79 Å². The van der Waals surface area contributed by atoms with Crippen LogP contribution in [0.25, 0.3) is 0 Å². The van der Waals surface area contributed by atoms with E-state index in [-0.39, 0.29) is 6.42 Å². The van der Waals surface area contributed by atoms with Crippen molar-refractivity contribution in [3.8, 4) is 0 Å². The molecular formula is C12H26N2O2. The molecule has 0 radical (unpaired) electrons. The molecule has 0 aliphatic rings. The first-order valence-corrected chi connectivity index (χ1v) is 6.09. The predicted octanol–water partition coefficient (Wildman–Crippen LogP) is 1.56. The number of nitrogens with zero attached hydrogens (tertiary/aromatic N) is 1. The van der Waals surface area contributed by atoms with Crippen LogP contribution in [0.4, 0.5) is 0 Å². The Bertz CT molecular complexity index is 195. The van der Waals surface area contributed by atoms with Gasteiger partial charge in [0.2, 0.25) is 0 Å². The molecule has 2 N–H and O–H groups in total. The number of carbonyl (C=O) groups is 1. The van der Waals surface area contributed by atoms with Crippen LogP contribution in [0.2, 0.25) is 0 Å². The number of rotatable bonds is 9. The van der Waals surface area contributed by atoms with E-state index in [1.54, 1.807) is 0 Å². The second kappa shape index (κ2) is 8.53. The highest BCUT2D eigenvalue weighted by molar-refractivity contribution is 5.66. The molecule has 1 unspecified atom stereocenters. The molecule has 0 aromatic heterocycles. The molecule has 1 atom stereocenters. The first-order chi connectivity index (χ1) is 7.43. The monoisotopic (exact) mass is 230 g/mol. The summed E-state index contributed by atoms with van der Waals surface area (Å²) in [5.41, 5.74) is 0. The average Bonchev–Trinajstić information content (AvgIpc) is 2.20. The smallest absolute Gasteiger partial charge is 0.303 e. The van der Waals surface area contributed by atoms with Gasteiger partial charge in [0, 0.05) is 18.5 Å². The molecule has 4 heteroatoms. The van der Waals surface area contributed by atoms with E-state index in [0.717, 1.165) is 19.5 Å². The predicted molar refractivity (Wildman–Crippen MR) is 66.7 cm³/mol. The Balaban J connectivity index is 3.40. The summed E-state index contributed by atoms with van der Waals surface area (Å²) < 4.78 is 0. The van der Waals surface area contributed by atoms with Gasteiger partial charge >= 0.3 is 5.97 Å². The van der Waals surface area contributed by atoms with Gasteiger partial charge in [-0.1, -0.05) is 0 Å². The van der Waals surface area contributed by atoms with Crippen molar-refractivity contribution >= 4 is 5.97 Å². The molecule has 0 rings (SSSR count). The topological polar surface area (TPSA) is 52.6 Å². The molecule has 0 amide bonds. The lowest BCUT2D eigenvalue weighted by molar-refractivity contribution is -0.137. The van der Waals surface area contributed by atoms with Crippen molar-refractivity contribution in [3.05, 3.63) is 0 Å². The molecule has 0 aliphatic carbocycles. The molecule has 0 aliphatic heterocycles. The van der Waals surface area contributed by atoms with Crippen LogP contribution in [-0.4, -0.2) is 48.2 Å². The number of nitrogens with one attached hydrogen (secondary N) is 1. The zero-order valence-corrected chi connectivity index (χ0v) is 11.0. The van der Waals surface area contributed by atoms with Gasteiger partial charge in [-0.25, -0.2) is 0 Å². The van der Waals surface area contributed by atoms with Gasteiger partial charge < -0.3 is 15.3 Å². The van der Waals surface area contributed by atoms with E-state index in [1.165, 1.54) is 0 Å². The summed E-state index contributed by atoms with van der Waals surface area (Å²) in [6.45, 7) is 8.44. The fraction of sp³-hybridized carbons (Fsp3) is 0.917. The van der Waals surface area contributed by atoms with Crippen molar-refractivity contribution in [1.82, 2.24) is 10.2 Å². The Morgan fingerprint density at radius 2 is 2.00 bits per heavy atom. The second-order valence-electron chi connectivity index (χ2n) is 4.72. The summed E-state index contributed by atoms with van der Waals surface area (Å²) in [5.74, 6) is -0.715. The lowest BCUT2D eigenvalue weighted by Gasteiger charge is -2.21. The van der Waals surface area contributed by atoms with Gasteiger partial charge in [-0.3, -0.25) is 4.79 Å². The summed E-state index contributed by atoms with van der Waals surface area (Å²) in [6.07, 6.45) is 2.06. The second-order valence-corrected chi connectivity index (χ2v) is 4.72. The summed E-state index contributed by atoms with van der Waals surface area (Å²) >= 11 is 0. The fourth-order valence-electron chi connectivity index (χ4n) is 1.38. The highest BCUT2D eigenvalue weighted by Crippen LogP contribution is 1.98. The molecule has 16 heavy (non-hydrogen) atoms. The van der Waals surface area contributed by atoms with Gasteiger partial charge in [0.25, 0.3) is 0 Å². The Kier molecular flexibility index (Phi) is 8.21. The molecule has 96 valence electrons. The molecular weight excluding hydrogens is 204 g/mol. The third-order valence-corrected chi connectivity index (χ3v) is 2.85. The fourth-order valence-corrected chi connectivity index (χ4v) is 1.38. The van der Waals surface area contributed by atoms with Crippen molar-refractivity contribution < 1.29 is 9.90 Å². The molecule has 0 saturated heterocycles. The van der Waals surface area contributed by atoms with E-state index in [4.69, 9.17) is 5.11 Å². The first-order valence-electron chi connectivity index (χ1n) is 6.09. The van der Waals surface area contributed by atoms with Gasteiger partial charge in [-0.2, -0.15) is 0 Å². The summed E-state index contributed by atoms with van der Waals surface area (Å²) in [7, 11) is 2.12. The van der Waals surface area contributed by atoms with E-state index in [2.05, 4.69) is 31.1 Å². The van der Waals surface area contributed by atoms with Crippen LogP contribution in [0.15, 0.2) is 0 Å². The van der Waals surface area contributed by atoms with Crippen LogP contribution in [0.1, 0.15) is 40.0 Å². The standard InChI is InChI=1S/C12H26N2O2/c1-10(2)14(4)9-5-8-13-11(3)6-7-12(15)16/h10-11,13H,5-9H2,1-4H3,(H,15,16). The Labute approximate surface area is 99.0 Å². The number of hydrogen-bond donors (Lipinski definition) is 2. The van der Waals surface area contributed by atoms with E-state index < -0.39 is 5.97 Å². The zero-order valence-electron chi connectivity index (χ0n) is 11.0. The van der Waals surface area contributed by atoms with Crippen LogP contribution in [-0.2, 0) is 4.79 Å². The Morgan fingerprint density at radius 3 is 2.50 bits per heavy atom. The van der Waals surface area contributed by atoms with Crippen molar-refractivity contribution in [1.29, 1.82) is 0 Å². The minimum Gasteiger partial charge on any atom is -0.481 e. The third-order valence-electron chi connectivity index (χ3n) is 2.85. The Hall–Kier alpha value is -0.610. The van der Waals surface area contributed by atoms with Crippen LogP contribution in [0, 0.1) is 0 Å². The quantitative estimate of drug-likeness (QED) is 0.590. The van der Waals surface area contributed by atoms with E-state index in [1.807, 2.05) is 6.92 Å². The van der Waals surface area contributed by atoms with Gasteiger partial charge in [-0.15, -0.1) is 0 Å². The maximum Gasteiger partial charge on any atom is 0.303 e. The first kappa shape index (κ1) is 15.4. The maximum atomic E-state index is 10.4. The van der Waals surface area contributed by atoms with Crippen molar-refractivity contribution in [2.45, 2.75) is 52.1 Å². The van der Waals surface area contributed by atoms with Crippen LogP contribution >= 0.6 is 0 Å². The van der Waals surface area contributed by atoms with Gasteiger partial charge in [0.15, 0.2) is 0 Å². The van der Waals surface area contributed by atoms with E-state index >= 15 is 0 Å². The Morgan fingerprint density at radius 1 is 1.38 bits per heavy atom. The molecule has 0 spiro atoms. The molecule has 0 aromatic rings. The average molecular weight is 230 g/mol. The minimum absolute atomic E-state index is 0.250. The molecule has 0 bridgehead atoms. The van der Waals surface area contributed by atoms with E-state index in [0.29, 0.717) is 18.5 Å². The van der Waals surface area contributed by atoms with Crippen LogP contribution < -0.4 is 5.32 Å². The number of aliphatic carboxylic acids is 1. The normalized spacial score (nSPS) is 13.4. The molecule has 0 saturated carbocycles. The lowest BCUT2D eigenvalue weighted by Crippen LogP contribution is -2.32. The molecule has 0 aromatic carbocycles. The van der Waals surface area contributed by atoms with Crippen molar-refractivity contribution in [3.63, 3.8) is 0 Å². The maximum absolute atomic E-state index is 10.4. The summed E-state index contributed by atoms with van der Waals surface area (Å²) in [4.78, 5) is 12.7. The third kappa shape index (κ3) is 8.68.